The van der Waals surface area contributed by atoms with Crippen molar-refractivity contribution in [2.24, 2.45) is 13.0 Å². The van der Waals surface area contributed by atoms with Gasteiger partial charge in [0, 0.05) is 51.5 Å². The molecule has 34 heavy (non-hydrogen) atoms. The van der Waals surface area contributed by atoms with Gasteiger partial charge in [0.05, 0.1) is 12.8 Å². The molecule has 0 radical (unpaired) electrons. The van der Waals surface area contributed by atoms with E-state index < -0.39 is 5.54 Å². The van der Waals surface area contributed by atoms with Crippen LogP contribution in [0.15, 0.2) is 30.5 Å². The zero-order chi connectivity index (χ0) is 24.5. The summed E-state index contributed by atoms with van der Waals surface area (Å²) in [5.41, 5.74) is 2.64. The highest BCUT2D eigenvalue weighted by molar-refractivity contribution is 6.07. The number of imide groups is 1. The molecule has 184 valence electrons. The summed E-state index contributed by atoms with van der Waals surface area (Å²) in [5.74, 6) is 1.03. The number of benzene rings is 1. The van der Waals surface area contributed by atoms with E-state index in [1.54, 1.807) is 7.11 Å². The lowest BCUT2D eigenvalue weighted by molar-refractivity contribution is -0.136. The van der Waals surface area contributed by atoms with Gasteiger partial charge in [0.25, 0.3) is 5.91 Å². The van der Waals surface area contributed by atoms with E-state index in [9.17, 15) is 9.59 Å². The van der Waals surface area contributed by atoms with E-state index in [0.29, 0.717) is 32.4 Å². The standard InChI is InChI=1S/C26H37N5O3/c1-19(2)16-30-24(32)26(11-14-29(15-12-26)18-22-17-28(4)27-20(22)3)31(25(30)33)13-10-21-6-8-23(34-5)9-7-21/h6-9,17,19H,10-16,18H2,1-5H3. The first-order valence-electron chi connectivity index (χ1n) is 12.2. The summed E-state index contributed by atoms with van der Waals surface area (Å²) in [7, 11) is 3.59. The minimum absolute atomic E-state index is 0.0156. The molecule has 4 rings (SSSR count). The maximum atomic E-state index is 13.7. The normalized spacial score (nSPS) is 18.5. The van der Waals surface area contributed by atoms with Crippen LogP contribution in [0.4, 0.5) is 4.79 Å². The number of hydrogen-bond donors (Lipinski definition) is 0. The predicted octanol–water partition coefficient (Wildman–Crippen LogP) is 3.23. The van der Waals surface area contributed by atoms with Crippen LogP contribution in [-0.4, -0.2) is 75.2 Å². The molecule has 2 saturated heterocycles. The summed E-state index contributed by atoms with van der Waals surface area (Å²) in [4.78, 5) is 32.9. The maximum absolute atomic E-state index is 13.7. The van der Waals surface area contributed by atoms with E-state index in [4.69, 9.17) is 4.74 Å². The summed E-state index contributed by atoms with van der Waals surface area (Å²) in [6.45, 7) is 9.51. The van der Waals surface area contributed by atoms with Gasteiger partial charge in [-0.3, -0.25) is 19.3 Å². The number of aryl methyl sites for hydroxylation is 2. The Bertz CT molecular complexity index is 1020. The maximum Gasteiger partial charge on any atom is 0.327 e. The van der Waals surface area contributed by atoms with Gasteiger partial charge < -0.3 is 9.64 Å². The molecule has 1 aromatic heterocycles. The number of amides is 3. The number of carbonyl (C=O) groups excluding carboxylic acids is 2. The molecule has 8 heteroatoms. The number of hydrogen-bond acceptors (Lipinski definition) is 5. The van der Waals surface area contributed by atoms with Crippen molar-refractivity contribution in [3.63, 3.8) is 0 Å². The van der Waals surface area contributed by atoms with Gasteiger partial charge in [-0.15, -0.1) is 0 Å². The molecule has 3 amide bonds. The van der Waals surface area contributed by atoms with Crippen molar-refractivity contribution in [1.29, 1.82) is 0 Å². The second-order valence-corrected chi connectivity index (χ2v) is 10.1. The zero-order valence-corrected chi connectivity index (χ0v) is 21.1. The van der Waals surface area contributed by atoms with Crippen LogP contribution in [0.25, 0.3) is 0 Å². The highest BCUT2D eigenvalue weighted by Gasteiger charge is 2.57. The van der Waals surface area contributed by atoms with Gasteiger partial charge in [-0.25, -0.2) is 4.79 Å². The number of piperidine rings is 1. The van der Waals surface area contributed by atoms with Crippen LogP contribution in [-0.2, 0) is 24.8 Å². The van der Waals surface area contributed by atoms with E-state index in [1.807, 2.05) is 61.7 Å². The van der Waals surface area contributed by atoms with Gasteiger partial charge in [0.1, 0.15) is 11.3 Å². The van der Waals surface area contributed by atoms with Crippen LogP contribution in [0, 0.1) is 12.8 Å². The second kappa shape index (κ2) is 9.78. The smallest absolute Gasteiger partial charge is 0.327 e. The molecular weight excluding hydrogens is 430 g/mol. The van der Waals surface area contributed by atoms with E-state index >= 15 is 0 Å². The first kappa shape index (κ1) is 24.3. The van der Waals surface area contributed by atoms with Gasteiger partial charge in [0.15, 0.2) is 0 Å². The van der Waals surface area contributed by atoms with Crippen LogP contribution < -0.4 is 4.74 Å². The number of carbonyl (C=O) groups is 2. The molecule has 0 saturated carbocycles. The minimum Gasteiger partial charge on any atom is -0.497 e. The fourth-order valence-corrected chi connectivity index (χ4v) is 5.26. The average Bonchev–Trinajstić information content (AvgIpc) is 3.22. The number of nitrogens with zero attached hydrogens (tertiary/aromatic N) is 5. The highest BCUT2D eigenvalue weighted by atomic mass is 16.5. The first-order valence-corrected chi connectivity index (χ1v) is 12.2. The Kier molecular flexibility index (Phi) is 6.98. The largest absolute Gasteiger partial charge is 0.497 e. The quantitative estimate of drug-likeness (QED) is 0.558. The summed E-state index contributed by atoms with van der Waals surface area (Å²) in [5, 5.41) is 4.45. The summed E-state index contributed by atoms with van der Waals surface area (Å²) in [6.07, 6.45) is 4.09. The Hall–Kier alpha value is -2.87. The molecule has 0 unspecified atom stereocenters. The molecule has 0 bridgehead atoms. The fraction of sp³-hybridized carbons (Fsp3) is 0.577. The summed E-state index contributed by atoms with van der Waals surface area (Å²) < 4.78 is 7.10. The SMILES string of the molecule is COc1ccc(CCN2C(=O)N(CC(C)C)C(=O)C23CCN(Cc2cn(C)nc2C)CC3)cc1. The van der Waals surface area contributed by atoms with Crippen LogP contribution >= 0.6 is 0 Å². The molecule has 0 aliphatic carbocycles. The molecule has 0 atom stereocenters. The Balaban J connectivity index is 1.50. The number of urea groups is 1. The van der Waals surface area contributed by atoms with E-state index in [0.717, 1.165) is 36.6 Å². The molecule has 0 N–H and O–H groups in total. The second-order valence-electron chi connectivity index (χ2n) is 10.1. The number of likely N-dealkylation sites (tertiary alicyclic amines) is 1. The lowest BCUT2D eigenvalue weighted by Crippen LogP contribution is -2.56. The summed E-state index contributed by atoms with van der Waals surface area (Å²) in [6, 6.07) is 7.79. The van der Waals surface area contributed by atoms with Crippen molar-refractivity contribution >= 4 is 11.9 Å². The van der Waals surface area contributed by atoms with E-state index in [-0.39, 0.29) is 17.9 Å². The van der Waals surface area contributed by atoms with Crippen LogP contribution in [0.2, 0.25) is 0 Å². The van der Waals surface area contributed by atoms with Crippen molar-refractivity contribution in [3.05, 3.63) is 47.3 Å². The molecule has 8 nitrogen and oxygen atoms in total. The minimum atomic E-state index is -0.737. The molecule has 2 aromatic rings. The number of rotatable bonds is 8. The molecule has 3 heterocycles. The number of aromatic nitrogens is 2. The molecule has 2 fully saturated rings. The average molecular weight is 468 g/mol. The number of methoxy groups -OCH3 is 1. The van der Waals surface area contributed by atoms with Crippen molar-refractivity contribution < 1.29 is 14.3 Å². The van der Waals surface area contributed by atoms with Gasteiger partial charge in [-0.05, 0) is 49.8 Å². The van der Waals surface area contributed by atoms with Crippen molar-refractivity contribution in [2.45, 2.75) is 52.1 Å². The van der Waals surface area contributed by atoms with Gasteiger partial charge in [-0.1, -0.05) is 26.0 Å². The van der Waals surface area contributed by atoms with Crippen LogP contribution in [0.1, 0.15) is 43.5 Å². The van der Waals surface area contributed by atoms with Crippen LogP contribution in [0.3, 0.4) is 0 Å². The van der Waals surface area contributed by atoms with Crippen molar-refractivity contribution in [1.82, 2.24) is 24.5 Å². The Labute approximate surface area is 202 Å². The Morgan fingerprint density at radius 3 is 2.35 bits per heavy atom. The topological polar surface area (TPSA) is 70.9 Å². The van der Waals surface area contributed by atoms with Gasteiger partial charge in [0.2, 0.25) is 0 Å². The molecule has 2 aliphatic heterocycles. The van der Waals surface area contributed by atoms with Gasteiger partial charge in [-0.2, -0.15) is 5.10 Å². The molecule has 1 aromatic carbocycles. The third-order valence-electron chi connectivity index (χ3n) is 7.14. The molecular formula is C26H37N5O3. The third kappa shape index (κ3) is 4.69. The molecule has 1 spiro atoms. The van der Waals surface area contributed by atoms with Gasteiger partial charge >= 0.3 is 6.03 Å². The fourth-order valence-electron chi connectivity index (χ4n) is 5.26. The lowest BCUT2D eigenvalue weighted by atomic mass is 9.85. The van der Waals surface area contributed by atoms with E-state index in [2.05, 4.69) is 16.2 Å². The lowest BCUT2D eigenvalue weighted by Gasteiger charge is -2.42. The van der Waals surface area contributed by atoms with Crippen molar-refractivity contribution in [3.8, 4) is 5.75 Å². The Morgan fingerprint density at radius 1 is 1.12 bits per heavy atom. The van der Waals surface area contributed by atoms with Crippen molar-refractivity contribution in [2.75, 3.05) is 33.3 Å². The number of ether oxygens (including phenoxy) is 1. The Morgan fingerprint density at radius 2 is 1.79 bits per heavy atom. The van der Waals surface area contributed by atoms with Crippen LogP contribution in [0.5, 0.6) is 5.75 Å². The highest BCUT2D eigenvalue weighted by Crippen LogP contribution is 2.38. The molecule has 2 aliphatic rings. The zero-order valence-electron chi connectivity index (χ0n) is 21.1. The third-order valence-corrected chi connectivity index (χ3v) is 7.14. The summed E-state index contributed by atoms with van der Waals surface area (Å²) >= 11 is 0. The first-order chi connectivity index (χ1) is 16.2. The monoisotopic (exact) mass is 467 g/mol. The van der Waals surface area contributed by atoms with E-state index in [1.165, 1.54) is 10.5 Å². The predicted molar refractivity (Wildman–Crippen MR) is 131 cm³/mol.